The van der Waals surface area contributed by atoms with Crippen molar-refractivity contribution in [1.82, 2.24) is 4.90 Å². The maximum Gasteiger partial charge on any atom is 0.264 e. The molecule has 2 heterocycles. The first kappa shape index (κ1) is 22.2. The lowest BCUT2D eigenvalue weighted by Gasteiger charge is -2.32. The van der Waals surface area contributed by atoms with E-state index in [0.717, 1.165) is 15.9 Å². The fourth-order valence-corrected chi connectivity index (χ4v) is 5.61. The molecule has 0 unspecified atom stereocenters. The van der Waals surface area contributed by atoms with E-state index >= 15 is 0 Å². The van der Waals surface area contributed by atoms with E-state index < -0.39 is 22.4 Å². The maximum absolute atomic E-state index is 14.0. The van der Waals surface area contributed by atoms with Crippen LogP contribution in [0.5, 0.6) is 11.5 Å². The van der Waals surface area contributed by atoms with Crippen molar-refractivity contribution in [3.8, 4) is 11.5 Å². The number of carbonyl (C=O) groups excluding carboxylic acids is 1. The van der Waals surface area contributed by atoms with Gasteiger partial charge in [0.25, 0.3) is 10.0 Å². The summed E-state index contributed by atoms with van der Waals surface area (Å²) in [5, 5.41) is 0. The molecular formula is C25H23FN2O5S. The molecule has 9 heteroatoms. The predicted octanol–water partition coefficient (Wildman–Crippen LogP) is 3.38. The van der Waals surface area contributed by atoms with Gasteiger partial charge in [0.15, 0.2) is 11.5 Å². The topological polar surface area (TPSA) is 76.2 Å². The first-order valence-corrected chi connectivity index (χ1v) is 12.4. The van der Waals surface area contributed by atoms with Crippen molar-refractivity contribution >= 4 is 21.6 Å². The Balaban J connectivity index is 1.47. The van der Waals surface area contributed by atoms with Crippen LogP contribution in [0.3, 0.4) is 0 Å². The van der Waals surface area contributed by atoms with Crippen LogP contribution in [0.4, 0.5) is 10.1 Å². The Morgan fingerprint density at radius 3 is 2.50 bits per heavy atom. The average Bonchev–Trinajstić information content (AvgIpc) is 2.86. The smallest absolute Gasteiger partial charge is 0.264 e. The molecule has 34 heavy (non-hydrogen) atoms. The second-order valence-corrected chi connectivity index (χ2v) is 9.99. The molecule has 1 amide bonds. The van der Waals surface area contributed by atoms with Crippen LogP contribution in [0.25, 0.3) is 0 Å². The highest BCUT2D eigenvalue weighted by atomic mass is 32.2. The Labute approximate surface area is 197 Å². The number of carbonyl (C=O) groups is 1. The Hall–Kier alpha value is -3.59. The van der Waals surface area contributed by atoms with Crippen molar-refractivity contribution in [2.24, 2.45) is 0 Å². The first-order chi connectivity index (χ1) is 16.4. The number of nitrogens with zero attached hydrogens (tertiary/aromatic N) is 2. The number of ether oxygens (including phenoxy) is 2. The van der Waals surface area contributed by atoms with Gasteiger partial charge in [0, 0.05) is 19.2 Å². The number of rotatable bonds is 5. The molecule has 0 radical (unpaired) electrons. The van der Waals surface area contributed by atoms with E-state index in [1.165, 1.54) is 42.0 Å². The molecule has 2 aliphatic heterocycles. The van der Waals surface area contributed by atoms with E-state index in [1.807, 2.05) is 24.3 Å². The summed E-state index contributed by atoms with van der Waals surface area (Å²) < 4.78 is 53.4. The SMILES string of the molecule is O=C(CN(c1cccc(F)c1)S(=O)(=O)c1ccc2c(c1)OCCO2)N1CCc2ccccc2C1. The summed E-state index contributed by atoms with van der Waals surface area (Å²) in [6, 6.07) is 17.4. The van der Waals surface area contributed by atoms with Gasteiger partial charge in [-0.2, -0.15) is 0 Å². The van der Waals surface area contributed by atoms with Gasteiger partial charge in [-0.05, 0) is 47.9 Å². The Morgan fingerprint density at radius 2 is 1.71 bits per heavy atom. The molecule has 5 rings (SSSR count). The lowest BCUT2D eigenvalue weighted by Crippen LogP contribution is -2.44. The van der Waals surface area contributed by atoms with Crippen LogP contribution in [-0.4, -0.2) is 45.5 Å². The van der Waals surface area contributed by atoms with Gasteiger partial charge < -0.3 is 14.4 Å². The maximum atomic E-state index is 14.0. The molecule has 0 bridgehead atoms. The minimum absolute atomic E-state index is 0.0700. The standard InChI is InChI=1S/C25H23FN2O5S/c26-20-6-3-7-21(14-20)28(17-25(29)27-11-10-18-4-1-2-5-19(18)16-27)34(30,31)22-8-9-23-24(15-22)33-13-12-32-23/h1-9,14-15H,10-13,16-17H2. The van der Waals surface area contributed by atoms with Gasteiger partial charge in [0.2, 0.25) is 5.91 Å². The van der Waals surface area contributed by atoms with Crippen molar-refractivity contribution in [3.05, 3.63) is 83.7 Å². The number of sulfonamides is 1. The minimum atomic E-state index is -4.21. The monoisotopic (exact) mass is 482 g/mol. The van der Waals surface area contributed by atoms with Crippen LogP contribution < -0.4 is 13.8 Å². The molecule has 0 N–H and O–H groups in total. The van der Waals surface area contributed by atoms with Crippen LogP contribution in [0, 0.1) is 5.82 Å². The quantitative estimate of drug-likeness (QED) is 0.557. The van der Waals surface area contributed by atoms with Gasteiger partial charge >= 0.3 is 0 Å². The molecule has 2 aliphatic rings. The van der Waals surface area contributed by atoms with Crippen LogP contribution in [0.2, 0.25) is 0 Å². The zero-order valence-corrected chi connectivity index (χ0v) is 19.1. The predicted molar refractivity (Wildman–Crippen MR) is 124 cm³/mol. The average molecular weight is 483 g/mol. The molecule has 176 valence electrons. The zero-order valence-electron chi connectivity index (χ0n) is 18.3. The highest BCUT2D eigenvalue weighted by Gasteiger charge is 2.31. The lowest BCUT2D eigenvalue weighted by molar-refractivity contribution is -0.130. The van der Waals surface area contributed by atoms with Crippen LogP contribution in [-0.2, 0) is 27.8 Å². The Morgan fingerprint density at radius 1 is 0.941 bits per heavy atom. The van der Waals surface area contributed by atoms with Gasteiger partial charge in [-0.1, -0.05) is 30.3 Å². The second-order valence-electron chi connectivity index (χ2n) is 8.13. The number of halogens is 1. The largest absolute Gasteiger partial charge is 0.486 e. The molecule has 0 atom stereocenters. The fraction of sp³-hybridized carbons (Fsp3) is 0.240. The van der Waals surface area contributed by atoms with Crippen molar-refractivity contribution in [3.63, 3.8) is 0 Å². The summed E-state index contributed by atoms with van der Waals surface area (Å²) in [4.78, 5) is 14.8. The van der Waals surface area contributed by atoms with Crippen molar-refractivity contribution in [1.29, 1.82) is 0 Å². The molecule has 0 spiro atoms. The van der Waals surface area contributed by atoms with Crippen LogP contribution in [0.1, 0.15) is 11.1 Å². The van der Waals surface area contributed by atoms with Gasteiger partial charge in [-0.15, -0.1) is 0 Å². The van der Waals surface area contributed by atoms with Crippen LogP contribution in [0.15, 0.2) is 71.6 Å². The molecule has 0 saturated heterocycles. The van der Waals surface area contributed by atoms with E-state index in [0.29, 0.717) is 44.2 Å². The highest BCUT2D eigenvalue weighted by Crippen LogP contribution is 2.34. The number of hydrogen-bond acceptors (Lipinski definition) is 5. The van der Waals surface area contributed by atoms with Crippen molar-refractivity contribution < 1.29 is 27.1 Å². The number of amides is 1. The molecule has 0 aromatic heterocycles. The lowest BCUT2D eigenvalue weighted by atomic mass is 10.00. The van der Waals surface area contributed by atoms with Gasteiger partial charge in [-0.25, -0.2) is 12.8 Å². The summed E-state index contributed by atoms with van der Waals surface area (Å²) in [5.74, 6) is -0.199. The summed E-state index contributed by atoms with van der Waals surface area (Å²) in [7, 11) is -4.21. The summed E-state index contributed by atoms with van der Waals surface area (Å²) >= 11 is 0. The molecule has 0 fully saturated rings. The normalized spacial score (nSPS) is 14.9. The Bertz CT molecular complexity index is 1340. The molecule has 7 nitrogen and oxygen atoms in total. The third-order valence-corrected chi connectivity index (χ3v) is 7.73. The second kappa shape index (κ2) is 8.98. The fourth-order valence-electron chi connectivity index (χ4n) is 4.19. The van der Waals surface area contributed by atoms with E-state index in [4.69, 9.17) is 9.47 Å². The summed E-state index contributed by atoms with van der Waals surface area (Å²) in [6.45, 7) is 1.11. The van der Waals surface area contributed by atoms with E-state index in [1.54, 1.807) is 4.90 Å². The van der Waals surface area contributed by atoms with Gasteiger partial charge in [0.05, 0.1) is 10.6 Å². The van der Waals surface area contributed by atoms with Gasteiger partial charge in [0.1, 0.15) is 25.6 Å². The zero-order chi connectivity index (χ0) is 23.7. The first-order valence-electron chi connectivity index (χ1n) is 10.9. The molecule has 3 aromatic carbocycles. The van der Waals surface area contributed by atoms with Crippen molar-refractivity contribution in [2.75, 3.05) is 30.6 Å². The van der Waals surface area contributed by atoms with E-state index in [-0.39, 0.29) is 16.5 Å². The highest BCUT2D eigenvalue weighted by molar-refractivity contribution is 7.92. The molecule has 0 aliphatic carbocycles. The van der Waals surface area contributed by atoms with E-state index in [9.17, 15) is 17.6 Å². The van der Waals surface area contributed by atoms with Gasteiger partial charge in [-0.3, -0.25) is 9.10 Å². The minimum Gasteiger partial charge on any atom is -0.486 e. The van der Waals surface area contributed by atoms with Crippen molar-refractivity contribution in [2.45, 2.75) is 17.9 Å². The molecule has 0 saturated carbocycles. The summed E-state index contributed by atoms with van der Waals surface area (Å²) in [6.07, 6.45) is 0.691. The van der Waals surface area contributed by atoms with E-state index in [2.05, 4.69) is 0 Å². The third-order valence-electron chi connectivity index (χ3n) is 5.96. The molecular weight excluding hydrogens is 459 g/mol. The third kappa shape index (κ3) is 4.31. The summed E-state index contributed by atoms with van der Waals surface area (Å²) in [5.41, 5.74) is 2.28. The number of hydrogen-bond donors (Lipinski definition) is 0. The van der Waals surface area contributed by atoms with Crippen LogP contribution >= 0.6 is 0 Å². The molecule has 3 aromatic rings. The number of fused-ring (bicyclic) bond motifs is 2. The Kier molecular flexibility index (Phi) is 5.87. The number of anilines is 1. The number of benzene rings is 3.